The lowest BCUT2D eigenvalue weighted by Crippen LogP contribution is -2.28. The zero-order valence-electron chi connectivity index (χ0n) is 15.7. The van der Waals surface area contributed by atoms with Crippen molar-refractivity contribution in [3.63, 3.8) is 0 Å². The molecule has 10 heteroatoms. The Hall–Kier alpha value is -3.76. The van der Waals surface area contributed by atoms with Crippen LogP contribution in [-0.2, 0) is 16.1 Å². The molecule has 0 atom stereocenters. The Morgan fingerprint density at radius 2 is 2.00 bits per heavy atom. The summed E-state index contributed by atoms with van der Waals surface area (Å²) in [6, 6.07) is 12.1. The number of fused-ring (bicyclic) bond motifs is 1. The lowest BCUT2D eigenvalue weighted by molar-refractivity contribution is -0.111. The van der Waals surface area contributed by atoms with Crippen LogP contribution in [0.25, 0.3) is 0 Å². The van der Waals surface area contributed by atoms with Crippen molar-refractivity contribution in [2.45, 2.75) is 6.61 Å². The van der Waals surface area contributed by atoms with Crippen LogP contribution in [0.2, 0.25) is 0 Å². The van der Waals surface area contributed by atoms with Crippen molar-refractivity contribution >= 4 is 47.3 Å². The topological polar surface area (TPSA) is 108 Å². The standard InChI is InChI=1S/C20H17BFN5O3/c1-2-18(28)24-13-4-3-5-14(8-13)25-19-17(22)10-23-20(27-19)26-15-7-6-12-11-30-21(29)16(12)9-15/h2-10,29H,1,11H2,(H,24,28)(H2,23,25,26,27). The summed E-state index contributed by atoms with van der Waals surface area (Å²) in [7, 11) is -0.970. The van der Waals surface area contributed by atoms with Gasteiger partial charge in [-0.3, -0.25) is 4.79 Å². The molecule has 0 unspecified atom stereocenters. The maximum absolute atomic E-state index is 14.2. The first-order chi connectivity index (χ1) is 14.5. The van der Waals surface area contributed by atoms with E-state index < -0.39 is 12.9 Å². The van der Waals surface area contributed by atoms with E-state index in [1.54, 1.807) is 36.4 Å². The van der Waals surface area contributed by atoms with E-state index in [-0.39, 0.29) is 17.7 Å². The Morgan fingerprint density at radius 1 is 1.20 bits per heavy atom. The highest BCUT2D eigenvalue weighted by atomic mass is 19.1. The molecule has 0 bridgehead atoms. The Morgan fingerprint density at radius 3 is 2.83 bits per heavy atom. The summed E-state index contributed by atoms with van der Waals surface area (Å²) >= 11 is 0. The van der Waals surface area contributed by atoms with Gasteiger partial charge in [0.1, 0.15) is 0 Å². The lowest BCUT2D eigenvalue weighted by atomic mass is 9.79. The maximum Gasteiger partial charge on any atom is 0.491 e. The minimum atomic E-state index is -0.970. The molecule has 2 aromatic carbocycles. The molecule has 1 aliphatic rings. The maximum atomic E-state index is 14.2. The highest BCUT2D eigenvalue weighted by Crippen LogP contribution is 2.23. The summed E-state index contributed by atoms with van der Waals surface area (Å²) in [4.78, 5) is 19.6. The number of aromatic nitrogens is 2. The molecule has 1 amide bonds. The minimum absolute atomic E-state index is 0.0378. The van der Waals surface area contributed by atoms with Gasteiger partial charge >= 0.3 is 7.12 Å². The normalized spacial score (nSPS) is 12.3. The Kier molecular flexibility index (Phi) is 5.42. The quantitative estimate of drug-likeness (QED) is 0.369. The van der Waals surface area contributed by atoms with E-state index in [1.165, 1.54) is 0 Å². The number of hydrogen-bond acceptors (Lipinski definition) is 7. The molecule has 0 fully saturated rings. The fourth-order valence-electron chi connectivity index (χ4n) is 2.94. The Balaban J connectivity index is 1.53. The van der Waals surface area contributed by atoms with Crippen molar-refractivity contribution in [2.24, 2.45) is 0 Å². The van der Waals surface area contributed by atoms with Gasteiger partial charge in [0, 0.05) is 17.1 Å². The zero-order valence-corrected chi connectivity index (χ0v) is 15.7. The first-order valence-corrected chi connectivity index (χ1v) is 9.04. The summed E-state index contributed by atoms with van der Waals surface area (Å²) in [5.74, 6) is -0.858. The van der Waals surface area contributed by atoms with E-state index >= 15 is 0 Å². The van der Waals surface area contributed by atoms with Gasteiger partial charge < -0.3 is 25.6 Å². The van der Waals surface area contributed by atoms with Crippen LogP contribution in [0, 0.1) is 5.82 Å². The predicted molar refractivity (Wildman–Crippen MR) is 113 cm³/mol. The molecule has 150 valence electrons. The molecule has 0 saturated heterocycles. The van der Waals surface area contributed by atoms with E-state index in [0.717, 1.165) is 17.8 Å². The second-order valence-corrected chi connectivity index (χ2v) is 6.49. The predicted octanol–water partition coefficient (Wildman–Crippen LogP) is 2.45. The first-order valence-electron chi connectivity index (χ1n) is 9.04. The average Bonchev–Trinajstić information content (AvgIpc) is 3.11. The summed E-state index contributed by atoms with van der Waals surface area (Å²) < 4.78 is 19.4. The third-order valence-corrected chi connectivity index (χ3v) is 4.39. The van der Waals surface area contributed by atoms with Gasteiger partial charge in [0.25, 0.3) is 0 Å². The van der Waals surface area contributed by atoms with Gasteiger partial charge in [0.2, 0.25) is 11.9 Å². The molecule has 8 nitrogen and oxygen atoms in total. The summed E-state index contributed by atoms with van der Waals surface area (Å²) in [6.07, 6.45) is 2.21. The van der Waals surface area contributed by atoms with Gasteiger partial charge in [-0.2, -0.15) is 4.98 Å². The number of nitrogens with zero attached hydrogens (tertiary/aromatic N) is 2. The molecule has 0 saturated carbocycles. The third kappa shape index (κ3) is 4.29. The van der Waals surface area contributed by atoms with Gasteiger partial charge in [-0.25, -0.2) is 9.37 Å². The Bertz CT molecular complexity index is 1130. The molecular formula is C20H17BFN5O3. The van der Waals surface area contributed by atoms with E-state index in [4.69, 9.17) is 4.65 Å². The van der Waals surface area contributed by atoms with Crippen molar-refractivity contribution in [1.29, 1.82) is 0 Å². The average molecular weight is 405 g/mol. The molecule has 2 heterocycles. The van der Waals surface area contributed by atoms with Gasteiger partial charge in [-0.1, -0.05) is 18.7 Å². The highest BCUT2D eigenvalue weighted by Gasteiger charge is 2.27. The number of hydrogen-bond donors (Lipinski definition) is 4. The molecule has 0 spiro atoms. The number of benzene rings is 2. The number of rotatable bonds is 6. The van der Waals surface area contributed by atoms with Crippen LogP contribution in [0.15, 0.2) is 61.3 Å². The van der Waals surface area contributed by atoms with Crippen LogP contribution in [0.1, 0.15) is 5.56 Å². The largest absolute Gasteiger partial charge is 0.491 e. The first kappa shape index (κ1) is 19.6. The summed E-state index contributed by atoms with van der Waals surface area (Å²) in [5.41, 5.74) is 3.25. The van der Waals surface area contributed by atoms with Gasteiger partial charge in [-0.05, 0) is 47.4 Å². The molecule has 4 N–H and O–H groups in total. The smallest absolute Gasteiger partial charge is 0.423 e. The monoisotopic (exact) mass is 405 g/mol. The second kappa shape index (κ2) is 8.32. The van der Waals surface area contributed by atoms with Gasteiger partial charge in [-0.15, -0.1) is 0 Å². The second-order valence-electron chi connectivity index (χ2n) is 6.49. The fourth-order valence-corrected chi connectivity index (χ4v) is 2.94. The van der Waals surface area contributed by atoms with E-state index in [9.17, 15) is 14.2 Å². The zero-order chi connectivity index (χ0) is 21.1. The Labute approximate surface area is 172 Å². The molecule has 30 heavy (non-hydrogen) atoms. The van der Waals surface area contributed by atoms with Crippen molar-refractivity contribution in [3.05, 3.63) is 72.7 Å². The van der Waals surface area contributed by atoms with Crippen molar-refractivity contribution in [1.82, 2.24) is 9.97 Å². The van der Waals surface area contributed by atoms with Crippen molar-refractivity contribution in [2.75, 3.05) is 16.0 Å². The number of carbonyl (C=O) groups is 1. The molecule has 3 aromatic rings. The van der Waals surface area contributed by atoms with Crippen LogP contribution in [0.4, 0.5) is 33.2 Å². The molecule has 0 aliphatic carbocycles. The number of nitrogens with one attached hydrogen (secondary N) is 3. The summed E-state index contributed by atoms with van der Waals surface area (Å²) in [6.45, 7) is 3.76. The van der Waals surface area contributed by atoms with Crippen LogP contribution >= 0.6 is 0 Å². The summed E-state index contributed by atoms with van der Waals surface area (Å²) in [5, 5.41) is 18.3. The molecule has 4 rings (SSSR count). The van der Waals surface area contributed by atoms with Gasteiger partial charge in [0.05, 0.1) is 12.8 Å². The molecule has 1 aliphatic heterocycles. The fraction of sp³-hybridized carbons (Fsp3) is 0.0500. The van der Waals surface area contributed by atoms with Crippen molar-refractivity contribution in [3.8, 4) is 0 Å². The van der Waals surface area contributed by atoms with E-state index in [0.29, 0.717) is 29.1 Å². The number of carbonyl (C=O) groups excluding carboxylic acids is 1. The van der Waals surface area contributed by atoms with Crippen LogP contribution in [0.5, 0.6) is 0 Å². The van der Waals surface area contributed by atoms with Crippen LogP contribution in [-0.4, -0.2) is 28.0 Å². The minimum Gasteiger partial charge on any atom is -0.423 e. The van der Waals surface area contributed by atoms with E-state index in [2.05, 4.69) is 32.5 Å². The lowest BCUT2D eigenvalue weighted by Gasteiger charge is -2.11. The van der Waals surface area contributed by atoms with Gasteiger partial charge in [0.15, 0.2) is 11.6 Å². The van der Waals surface area contributed by atoms with E-state index in [1.807, 2.05) is 6.07 Å². The molecule has 0 radical (unpaired) electrons. The highest BCUT2D eigenvalue weighted by molar-refractivity contribution is 6.61. The molecular weight excluding hydrogens is 388 g/mol. The van der Waals surface area contributed by atoms with Crippen LogP contribution in [0.3, 0.4) is 0 Å². The number of amides is 1. The third-order valence-electron chi connectivity index (χ3n) is 4.39. The number of halogens is 1. The SMILES string of the molecule is C=CC(=O)Nc1cccc(Nc2nc(Nc3ccc4c(c3)B(O)OC4)ncc2F)c1. The van der Waals surface area contributed by atoms with Crippen molar-refractivity contribution < 1.29 is 18.9 Å². The molecule has 1 aromatic heterocycles. The number of anilines is 5. The van der Waals surface area contributed by atoms with Crippen LogP contribution < -0.4 is 21.4 Å².